The van der Waals surface area contributed by atoms with E-state index in [9.17, 15) is 4.79 Å². The molecule has 1 heterocycles. The van der Waals surface area contributed by atoms with Crippen LogP contribution in [0, 0.1) is 0 Å². The average molecular weight is 174 g/mol. The zero-order chi connectivity index (χ0) is 9.14. The molecule has 0 aromatic carbocycles. The average Bonchev–Trinajstić information content (AvgIpc) is 2.08. The zero-order valence-electron chi connectivity index (χ0n) is 7.68. The second-order valence-electron chi connectivity index (χ2n) is 3.57. The van der Waals surface area contributed by atoms with Crippen LogP contribution in [0.5, 0.6) is 0 Å². The third-order valence-electron chi connectivity index (χ3n) is 2.55. The molecule has 5 heteroatoms. The molecule has 0 bridgehead atoms. The molecule has 1 amide bonds. The number of carbonyl (C=O) groups is 1. The number of nitrogens with one attached hydrogen (secondary N) is 3. The van der Waals surface area contributed by atoms with Gasteiger partial charge in [0.05, 0.1) is 14.1 Å². The van der Waals surface area contributed by atoms with Gasteiger partial charge in [-0.15, -0.1) is 0 Å². The van der Waals surface area contributed by atoms with E-state index >= 15 is 0 Å². The molecule has 5 nitrogen and oxygen atoms in total. The summed E-state index contributed by atoms with van der Waals surface area (Å²) in [5.74, 6) is 5.04. The van der Waals surface area contributed by atoms with Gasteiger partial charge in [0, 0.05) is 0 Å². The van der Waals surface area contributed by atoms with Crippen molar-refractivity contribution < 1.29 is 14.6 Å². The summed E-state index contributed by atoms with van der Waals surface area (Å²) in [7, 11) is 4.13. The third-order valence-corrected chi connectivity index (χ3v) is 2.55. The molecule has 1 fully saturated rings. The summed E-state index contributed by atoms with van der Waals surface area (Å²) in [6.45, 7) is 3.03. The van der Waals surface area contributed by atoms with Gasteiger partial charge in [-0.3, -0.25) is 10.2 Å². The number of piperazine rings is 1. The van der Waals surface area contributed by atoms with Gasteiger partial charge in [0.1, 0.15) is 19.6 Å². The first-order valence-electron chi connectivity index (χ1n) is 4.29. The maximum absolute atomic E-state index is 11.3. The lowest BCUT2D eigenvalue weighted by atomic mass is 10.2. The van der Waals surface area contributed by atoms with Crippen LogP contribution in [0.3, 0.4) is 0 Å². The van der Waals surface area contributed by atoms with Gasteiger partial charge in [0.2, 0.25) is 6.04 Å². The van der Waals surface area contributed by atoms with Crippen LogP contribution in [0.2, 0.25) is 0 Å². The highest BCUT2D eigenvalue weighted by atomic mass is 16.2. The number of amides is 1. The van der Waals surface area contributed by atoms with Gasteiger partial charge >= 0.3 is 0 Å². The first-order chi connectivity index (χ1) is 5.65. The lowest BCUT2D eigenvalue weighted by molar-refractivity contribution is -1.01. The molecule has 70 valence electrons. The summed E-state index contributed by atoms with van der Waals surface area (Å²) in [6, 6.07) is 0.0174. The molecule has 1 aliphatic rings. The SMILES string of the molecule is C[NH+]1CC[NH+](C)[C@H](C(=O)NN)C1. The van der Waals surface area contributed by atoms with Crippen LogP contribution in [0.25, 0.3) is 0 Å². The number of rotatable bonds is 1. The maximum Gasteiger partial charge on any atom is 0.298 e. The second-order valence-corrected chi connectivity index (χ2v) is 3.57. The molecule has 0 spiro atoms. The molecule has 5 N–H and O–H groups in total. The Labute approximate surface area is 72.5 Å². The van der Waals surface area contributed by atoms with E-state index in [2.05, 4.69) is 12.5 Å². The first-order valence-corrected chi connectivity index (χ1v) is 4.29. The van der Waals surface area contributed by atoms with Crippen molar-refractivity contribution in [2.45, 2.75) is 6.04 Å². The topological polar surface area (TPSA) is 64.0 Å². The Bertz CT molecular complexity index is 173. The normalized spacial score (nSPS) is 36.1. The van der Waals surface area contributed by atoms with Crippen LogP contribution in [-0.2, 0) is 4.79 Å². The van der Waals surface area contributed by atoms with E-state index in [4.69, 9.17) is 5.84 Å². The van der Waals surface area contributed by atoms with Crippen molar-refractivity contribution in [2.75, 3.05) is 33.7 Å². The van der Waals surface area contributed by atoms with Gasteiger partial charge < -0.3 is 9.80 Å². The Morgan fingerprint density at radius 2 is 2.17 bits per heavy atom. The molecule has 2 unspecified atom stereocenters. The highest BCUT2D eigenvalue weighted by Crippen LogP contribution is 1.74. The molecule has 12 heavy (non-hydrogen) atoms. The lowest BCUT2D eigenvalue weighted by Crippen LogP contribution is -3.29. The van der Waals surface area contributed by atoms with Crippen LogP contribution < -0.4 is 21.1 Å². The Morgan fingerprint density at radius 3 is 2.75 bits per heavy atom. The second kappa shape index (κ2) is 3.84. The first kappa shape index (κ1) is 9.44. The van der Waals surface area contributed by atoms with E-state index < -0.39 is 0 Å². The number of hydrogen-bond acceptors (Lipinski definition) is 2. The number of likely N-dealkylation sites (N-methyl/N-ethyl adjacent to an activating group) is 2. The molecule has 0 aliphatic carbocycles. The van der Waals surface area contributed by atoms with Gasteiger partial charge in [-0.05, 0) is 0 Å². The highest BCUT2D eigenvalue weighted by Gasteiger charge is 2.34. The number of nitrogens with two attached hydrogens (primary N) is 1. The molecule has 1 saturated heterocycles. The van der Waals surface area contributed by atoms with E-state index in [-0.39, 0.29) is 11.9 Å². The molecule has 0 saturated carbocycles. The molecule has 0 aromatic heterocycles. The Balaban J connectivity index is 2.54. The molecular weight excluding hydrogens is 156 g/mol. The van der Waals surface area contributed by atoms with Gasteiger partial charge in [0.15, 0.2) is 0 Å². The van der Waals surface area contributed by atoms with Crippen molar-refractivity contribution in [1.82, 2.24) is 5.43 Å². The molecule has 3 atom stereocenters. The predicted octanol–water partition coefficient (Wildman–Crippen LogP) is -4.61. The quantitative estimate of drug-likeness (QED) is 0.184. The van der Waals surface area contributed by atoms with Crippen molar-refractivity contribution in [1.29, 1.82) is 0 Å². The van der Waals surface area contributed by atoms with Crippen LogP contribution in [0.1, 0.15) is 0 Å². The van der Waals surface area contributed by atoms with Crippen molar-refractivity contribution in [3.8, 4) is 0 Å². The van der Waals surface area contributed by atoms with Gasteiger partial charge in [-0.1, -0.05) is 0 Å². The Hall–Kier alpha value is -0.650. The fourth-order valence-corrected chi connectivity index (χ4v) is 1.63. The Morgan fingerprint density at radius 1 is 1.50 bits per heavy atom. The van der Waals surface area contributed by atoms with Crippen molar-refractivity contribution in [2.24, 2.45) is 5.84 Å². The molecular formula is C7H18N4O+2. The van der Waals surface area contributed by atoms with Gasteiger partial charge in [0.25, 0.3) is 5.91 Å². The summed E-state index contributed by atoms with van der Waals surface area (Å²) in [4.78, 5) is 13.9. The van der Waals surface area contributed by atoms with Crippen LogP contribution >= 0.6 is 0 Å². The number of hydrazine groups is 1. The summed E-state index contributed by atoms with van der Waals surface area (Å²) < 4.78 is 0. The summed E-state index contributed by atoms with van der Waals surface area (Å²) in [6.07, 6.45) is 0. The predicted molar refractivity (Wildman–Crippen MR) is 44.5 cm³/mol. The smallest absolute Gasteiger partial charge is 0.298 e. The van der Waals surface area contributed by atoms with Crippen molar-refractivity contribution in [3.63, 3.8) is 0 Å². The van der Waals surface area contributed by atoms with Crippen LogP contribution in [0.4, 0.5) is 0 Å². The van der Waals surface area contributed by atoms with E-state index in [0.717, 1.165) is 19.6 Å². The van der Waals surface area contributed by atoms with E-state index in [1.807, 2.05) is 7.05 Å². The summed E-state index contributed by atoms with van der Waals surface area (Å²) >= 11 is 0. The van der Waals surface area contributed by atoms with E-state index in [1.165, 1.54) is 9.80 Å². The summed E-state index contributed by atoms with van der Waals surface area (Å²) in [5, 5.41) is 0. The minimum absolute atomic E-state index is 0.0174. The molecule has 1 aliphatic heterocycles. The third kappa shape index (κ3) is 1.94. The van der Waals surface area contributed by atoms with Crippen LogP contribution in [0.15, 0.2) is 0 Å². The monoisotopic (exact) mass is 174 g/mol. The number of hydrogen-bond donors (Lipinski definition) is 4. The largest absolute Gasteiger partial charge is 0.327 e. The lowest BCUT2D eigenvalue weighted by Gasteiger charge is -2.30. The van der Waals surface area contributed by atoms with Crippen molar-refractivity contribution >= 4 is 5.91 Å². The maximum atomic E-state index is 11.3. The number of carbonyl (C=O) groups excluding carboxylic acids is 1. The molecule has 0 radical (unpaired) electrons. The van der Waals surface area contributed by atoms with Crippen molar-refractivity contribution in [3.05, 3.63) is 0 Å². The van der Waals surface area contributed by atoms with Crippen LogP contribution in [-0.4, -0.2) is 45.7 Å². The van der Waals surface area contributed by atoms with E-state index in [0.29, 0.717) is 0 Å². The molecule has 1 rings (SSSR count). The Kier molecular flexibility index (Phi) is 3.02. The molecule has 0 aromatic rings. The standard InChI is InChI=1S/C7H16N4O/c1-10-3-4-11(2)6(5-10)7(12)9-8/h6H,3-5,8H2,1-2H3,(H,9,12)/p+2/t6-/m0/s1. The fourth-order valence-electron chi connectivity index (χ4n) is 1.63. The minimum Gasteiger partial charge on any atom is -0.327 e. The minimum atomic E-state index is -0.0495. The van der Waals surface area contributed by atoms with E-state index in [1.54, 1.807) is 0 Å². The number of quaternary nitrogens is 2. The summed E-state index contributed by atoms with van der Waals surface area (Å²) in [5.41, 5.74) is 2.21. The van der Waals surface area contributed by atoms with Gasteiger partial charge in [-0.25, -0.2) is 5.84 Å². The fraction of sp³-hybridized carbons (Fsp3) is 0.857. The zero-order valence-corrected chi connectivity index (χ0v) is 7.68. The van der Waals surface area contributed by atoms with Gasteiger partial charge in [-0.2, -0.15) is 0 Å². The highest BCUT2D eigenvalue weighted by molar-refractivity contribution is 5.79.